The number of imide groups is 1. The molecule has 1 atom stereocenters. The summed E-state index contributed by atoms with van der Waals surface area (Å²) < 4.78 is 1.71. The molecule has 1 aromatic heterocycles. The van der Waals surface area contributed by atoms with E-state index in [1.807, 2.05) is 51.4 Å². The van der Waals surface area contributed by atoms with Gasteiger partial charge in [-0.2, -0.15) is 5.10 Å². The molecule has 0 radical (unpaired) electrons. The van der Waals surface area contributed by atoms with Crippen LogP contribution in [0.2, 0.25) is 10.0 Å². The van der Waals surface area contributed by atoms with E-state index in [1.165, 1.54) is 0 Å². The molecule has 1 N–H and O–H groups in total. The highest BCUT2D eigenvalue weighted by Gasteiger charge is 2.45. The first kappa shape index (κ1) is 24.2. The lowest BCUT2D eigenvalue weighted by atomic mass is 10.1. The first-order valence-corrected chi connectivity index (χ1v) is 11.8. The van der Waals surface area contributed by atoms with Gasteiger partial charge in [-0.1, -0.05) is 47.0 Å². The van der Waals surface area contributed by atoms with Gasteiger partial charge in [0.1, 0.15) is 6.04 Å². The van der Waals surface area contributed by atoms with Gasteiger partial charge >= 0.3 is 0 Å². The number of aromatic nitrogens is 2. The summed E-state index contributed by atoms with van der Waals surface area (Å²) >= 11 is 18.3. The molecule has 4 rings (SSSR count). The van der Waals surface area contributed by atoms with E-state index in [9.17, 15) is 9.59 Å². The van der Waals surface area contributed by atoms with Gasteiger partial charge in [0.15, 0.2) is 5.11 Å². The third-order valence-corrected chi connectivity index (χ3v) is 6.63. The predicted molar refractivity (Wildman–Crippen MR) is 138 cm³/mol. The van der Waals surface area contributed by atoms with E-state index < -0.39 is 17.9 Å². The number of nitrogens with one attached hydrogen (secondary N) is 1. The number of thiocarbonyl (C=S) groups is 1. The van der Waals surface area contributed by atoms with Gasteiger partial charge in [-0.15, -0.1) is 0 Å². The molecule has 7 nitrogen and oxygen atoms in total. The first-order chi connectivity index (χ1) is 16.2. The smallest absolute Gasteiger partial charge is 0.257 e. The minimum absolute atomic E-state index is 0.0601. The second-order valence-corrected chi connectivity index (χ2v) is 9.40. The van der Waals surface area contributed by atoms with Crippen LogP contribution >= 0.6 is 35.4 Å². The summed E-state index contributed by atoms with van der Waals surface area (Å²) in [6, 6.07) is 11.8. The number of amides is 2. The van der Waals surface area contributed by atoms with Crippen molar-refractivity contribution >= 4 is 63.7 Å². The highest BCUT2D eigenvalue weighted by Crippen LogP contribution is 2.37. The second kappa shape index (κ2) is 9.74. The van der Waals surface area contributed by atoms with Crippen molar-refractivity contribution in [3.8, 4) is 0 Å². The van der Waals surface area contributed by atoms with Crippen molar-refractivity contribution in [1.82, 2.24) is 14.7 Å². The minimum Gasteiger partial charge on any atom is -0.333 e. The minimum atomic E-state index is -0.829. The van der Waals surface area contributed by atoms with Crippen LogP contribution in [0.15, 0.2) is 48.7 Å². The highest BCUT2D eigenvalue weighted by atomic mass is 35.5. The number of carbonyl (C=O) groups excluding carboxylic acids is 2. The molecule has 1 fully saturated rings. The molecule has 0 saturated carbocycles. The molecule has 2 amide bonds. The summed E-state index contributed by atoms with van der Waals surface area (Å²) in [6.07, 6.45) is 1.82. The standard InChI is InChI=1S/C24H23Cl2N5O2S/c1-14-7-9-17(10-8-14)27-24(34)30(13-16-12-29(3)28-15(16)2)20-11-21(32)31(23(20)33)22-18(25)5-4-6-19(22)26/h4-10,12,20H,11,13H2,1-3H3,(H,27,34)/t20-/m1/s1. The van der Waals surface area contributed by atoms with Crippen molar-refractivity contribution in [2.24, 2.45) is 7.05 Å². The maximum absolute atomic E-state index is 13.6. The van der Waals surface area contributed by atoms with Crippen LogP contribution in [-0.2, 0) is 23.2 Å². The van der Waals surface area contributed by atoms with E-state index in [0.29, 0.717) is 11.7 Å². The quantitative estimate of drug-likeness (QED) is 0.385. The zero-order chi connectivity index (χ0) is 24.6. The molecular formula is C24H23Cl2N5O2S. The Hall–Kier alpha value is -2.94. The Morgan fingerprint density at radius 2 is 1.79 bits per heavy atom. The molecule has 1 saturated heterocycles. The molecule has 34 heavy (non-hydrogen) atoms. The summed E-state index contributed by atoms with van der Waals surface area (Å²) in [5, 5.41) is 8.37. The van der Waals surface area contributed by atoms with Crippen LogP contribution in [-0.4, -0.2) is 37.6 Å². The maximum Gasteiger partial charge on any atom is 0.257 e. The monoisotopic (exact) mass is 515 g/mol. The molecule has 0 unspecified atom stereocenters. The largest absolute Gasteiger partial charge is 0.333 e. The molecule has 0 spiro atoms. The van der Waals surface area contributed by atoms with E-state index in [4.69, 9.17) is 35.4 Å². The van der Waals surface area contributed by atoms with Crippen molar-refractivity contribution < 1.29 is 9.59 Å². The number of rotatable bonds is 5. The number of halogens is 2. The lowest BCUT2D eigenvalue weighted by Crippen LogP contribution is -2.46. The van der Waals surface area contributed by atoms with E-state index in [1.54, 1.807) is 27.8 Å². The Kier molecular flexibility index (Phi) is 6.93. The molecule has 0 aliphatic carbocycles. The molecule has 3 aromatic rings. The van der Waals surface area contributed by atoms with E-state index >= 15 is 0 Å². The van der Waals surface area contributed by atoms with E-state index in [-0.39, 0.29) is 22.2 Å². The van der Waals surface area contributed by atoms with Crippen LogP contribution in [0.4, 0.5) is 11.4 Å². The van der Waals surface area contributed by atoms with E-state index in [2.05, 4.69) is 10.4 Å². The van der Waals surface area contributed by atoms with Gasteiger partial charge in [0.2, 0.25) is 5.91 Å². The Morgan fingerprint density at radius 3 is 2.38 bits per heavy atom. The topological polar surface area (TPSA) is 70.5 Å². The van der Waals surface area contributed by atoms with Gasteiger partial charge in [0.25, 0.3) is 5.91 Å². The first-order valence-electron chi connectivity index (χ1n) is 10.6. The Balaban J connectivity index is 1.68. The number of hydrogen-bond donors (Lipinski definition) is 1. The highest BCUT2D eigenvalue weighted by molar-refractivity contribution is 7.80. The van der Waals surface area contributed by atoms with Crippen molar-refractivity contribution in [1.29, 1.82) is 0 Å². The number of benzene rings is 2. The molecular weight excluding hydrogens is 493 g/mol. The molecule has 10 heteroatoms. The summed E-state index contributed by atoms with van der Waals surface area (Å²) in [7, 11) is 1.83. The number of hydrogen-bond acceptors (Lipinski definition) is 4. The van der Waals surface area contributed by atoms with Crippen LogP contribution in [0.25, 0.3) is 0 Å². The Labute approximate surface area is 213 Å². The average Bonchev–Trinajstić information content (AvgIpc) is 3.25. The van der Waals surface area contributed by atoms with Gasteiger partial charge in [-0.3, -0.25) is 14.3 Å². The summed E-state index contributed by atoms with van der Waals surface area (Å²) in [6.45, 7) is 4.18. The third-order valence-electron chi connectivity index (χ3n) is 5.68. The van der Waals surface area contributed by atoms with Crippen LogP contribution in [0.1, 0.15) is 23.2 Å². The SMILES string of the molecule is Cc1ccc(NC(=S)N(Cc2cn(C)nc2C)[C@@H]2CC(=O)N(c3c(Cl)cccc3Cl)C2=O)cc1. The molecule has 176 valence electrons. The van der Waals surface area contributed by atoms with Crippen LogP contribution in [0, 0.1) is 13.8 Å². The fourth-order valence-corrected chi connectivity index (χ4v) is 4.82. The number of nitrogens with zero attached hydrogens (tertiary/aromatic N) is 4. The molecule has 1 aliphatic heterocycles. The fraction of sp³-hybridized carbons (Fsp3) is 0.250. The van der Waals surface area contributed by atoms with Crippen molar-refractivity contribution in [3.05, 3.63) is 75.5 Å². The lowest BCUT2D eigenvalue weighted by Gasteiger charge is -2.30. The van der Waals surface area contributed by atoms with Crippen LogP contribution < -0.4 is 10.2 Å². The van der Waals surface area contributed by atoms with Crippen molar-refractivity contribution in [3.63, 3.8) is 0 Å². The summed E-state index contributed by atoms with van der Waals surface area (Å²) in [5.74, 6) is -0.828. The van der Waals surface area contributed by atoms with Crippen LogP contribution in [0.3, 0.4) is 0 Å². The van der Waals surface area contributed by atoms with Gasteiger partial charge in [-0.05, 0) is 50.3 Å². The molecule has 0 bridgehead atoms. The van der Waals surface area contributed by atoms with Crippen molar-refractivity contribution in [2.45, 2.75) is 32.9 Å². The van der Waals surface area contributed by atoms with Gasteiger partial charge < -0.3 is 10.2 Å². The molecule has 1 aliphatic rings. The number of carbonyl (C=O) groups is 2. The maximum atomic E-state index is 13.6. The second-order valence-electron chi connectivity index (χ2n) is 8.20. The Bertz CT molecular complexity index is 1250. The zero-order valence-electron chi connectivity index (χ0n) is 18.9. The average molecular weight is 516 g/mol. The lowest BCUT2D eigenvalue weighted by molar-refractivity contribution is -0.122. The Morgan fingerprint density at radius 1 is 1.15 bits per heavy atom. The number of aryl methyl sites for hydroxylation is 3. The predicted octanol–water partition coefficient (Wildman–Crippen LogP) is 4.87. The van der Waals surface area contributed by atoms with E-state index in [0.717, 1.165) is 27.4 Å². The normalized spacial score (nSPS) is 15.7. The van der Waals surface area contributed by atoms with Gasteiger partial charge in [0.05, 0.1) is 27.8 Å². The van der Waals surface area contributed by atoms with Crippen molar-refractivity contribution in [2.75, 3.05) is 10.2 Å². The van der Waals surface area contributed by atoms with Crippen LogP contribution in [0.5, 0.6) is 0 Å². The molecule has 2 heterocycles. The number of para-hydroxylation sites is 1. The number of anilines is 2. The van der Waals surface area contributed by atoms with Gasteiger partial charge in [0, 0.05) is 31.0 Å². The zero-order valence-corrected chi connectivity index (χ0v) is 21.2. The van der Waals surface area contributed by atoms with Gasteiger partial charge in [-0.25, -0.2) is 4.90 Å². The molecule has 2 aromatic carbocycles. The third kappa shape index (κ3) is 4.80. The fourth-order valence-electron chi connectivity index (χ4n) is 3.94. The summed E-state index contributed by atoms with van der Waals surface area (Å²) in [5.41, 5.74) is 3.80. The summed E-state index contributed by atoms with van der Waals surface area (Å²) in [4.78, 5) is 29.4.